The first-order chi connectivity index (χ1) is 14.3. The molecule has 0 bridgehead atoms. The molecule has 3 aromatic rings. The van der Waals surface area contributed by atoms with E-state index in [0.29, 0.717) is 24.8 Å². The lowest BCUT2D eigenvalue weighted by Crippen LogP contribution is -2.43. The normalized spacial score (nSPS) is 23.4. The van der Waals surface area contributed by atoms with Gasteiger partial charge in [-0.2, -0.15) is 18.2 Å². The SMILES string of the molecule is C[C@@H]1CN(C)c2nc(NC3CC(Oc4cnc(C(F)(F)F)nc4)C3)nc3ccn1c23. The van der Waals surface area contributed by atoms with Gasteiger partial charge in [0, 0.05) is 44.7 Å². The predicted octanol–water partition coefficient (Wildman–Crippen LogP) is 3.27. The zero-order chi connectivity index (χ0) is 21.0. The molecule has 0 aromatic carbocycles. The molecule has 0 amide bonds. The van der Waals surface area contributed by atoms with Crippen molar-refractivity contribution in [3.05, 3.63) is 30.5 Å². The third-order valence-electron chi connectivity index (χ3n) is 5.53. The van der Waals surface area contributed by atoms with E-state index in [9.17, 15) is 13.2 Å². The van der Waals surface area contributed by atoms with Crippen LogP contribution in [0.1, 0.15) is 31.6 Å². The van der Waals surface area contributed by atoms with Gasteiger partial charge in [0.2, 0.25) is 11.8 Å². The van der Waals surface area contributed by atoms with Gasteiger partial charge in [0.05, 0.1) is 17.9 Å². The highest BCUT2D eigenvalue weighted by Crippen LogP contribution is 2.34. The summed E-state index contributed by atoms with van der Waals surface area (Å²) in [6, 6.07) is 2.49. The number of anilines is 2. The fourth-order valence-electron chi connectivity index (χ4n) is 4.00. The van der Waals surface area contributed by atoms with E-state index in [2.05, 4.69) is 36.7 Å². The molecule has 3 aromatic heterocycles. The van der Waals surface area contributed by atoms with E-state index in [4.69, 9.17) is 9.72 Å². The number of likely N-dealkylation sites (N-methyl/N-ethyl adjacent to an activating group) is 1. The van der Waals surface area contributed by atoms with Crippen molar-refractivity contribution < 1.29 is 17.9 Å². The maximum absolute atomic E-state index is 12.5. The van der Waals surface area contributed by atoms with Crippen LogP contribution in [0.4, 0.5) is 24.9 Å². The third kappa shape index (κ3) is 3.27. The minimum atomic E-state index is -4.56. The van der Waals surface area contributed by atoms with Crippen molar-refractivity contribution in [1.82, 2.24) is 24.5 Å². The number of hydrogen-bond acceptors (Lipinski definition) is 7. The largest absolute Gasteiger partial charge is 0.487 e. The number of nitrogens with zero attached hydrogens (tertiary/aromatic N) is 6. The Kier molecular flexibility index (Phi) is 4.23. The van der Waals surface area contributed by atoms with Crippen LogP contribution in [0, 0.1) is 0 Å². The van der Waals surface area contributed by atoms with Crippen molar-refractivity contribution in [3.63, 3.8) is 0 Å². The summed E-state index contributed by atoms with van der Waals surface area (Å²) in [6.45, 7) is 3.04. The van der Waals surface area contributed by atoms with Gasteiger partial charge in [0.1, 0.15) is 11.6 Å². The lowest BCUT2D eigenvalue weighted by atomic mass is 9.89. The molecule has 1 N–H and O–H groups in total. The van der Waals surface area contributed by atoms with E-state index in [1.165, 1.54) is 0 Å². The molecule has 1 fully saturated rings. The second-order valence-electron chi connectivity index (χ2n) is 7.85. The summed E-state index contributed by atoms with van der Waals surface area (Å²) in [5.41, 5.74) is 1.94. The lowest BCUT2D eigenvalue weighted by molar-refractivity contribution is -0.145. The number of nitrogens with one attached hydrogen (secondary N) is 1. The Morgan fingerprint density at radius 2 is 1.90 bits per heavy atom. The van der Waals surface area contributed by atoms with Crippen LogP contribution < -0.4 is 15.0 Å². The highest BCUT2D eigenvalue weighted by molar-refractivity contribution is 5.89. The molecule has 4 heterocycles. The van der Waals surface area contributed by atoms with Gasteiger partial charge >= 0.3 is 6.18 Å². The Morgan fingerprint density at radius 1 is 1.17 bits per heavy atom. The molecular weight excluding hydrogens is 399 g/mol. The van der Waals surface area contributed by atoms with Gasteiger partial charge in [-0.25, -0.2) is 15.0 Å². The number of halogens is 3. The fourth-order valence-corrected chi connectivity index (χ4v) is 4.00. The summed E-state index contributed by atoms with van der Waals surface area (Å²) >= 11 is 0. The average molecular weight is 419 g/mol. The first-order valence-corrected chi connectivity index (χ1v) is 9.70. The van der Waals surface area contributed by atoms with Crippen LogP contribution in [0.2, 0.25) is 0 Å². The first-order valence-electron chi connectivity index (χ1n) is 9.70. The molecule has 11 heteroatoms. The quantitative estimate of drug-likeness (QED) is 0.695. The molecular formula is C19H20F3N7O. The topological polar surface area (TPSA) is 81.0 Å². The number of alkyl halides is 3. The van der Waals surface area contributed by atoms with Gasteiger partial charge in [-0.1, -0.05) is 0 Å². The summed E-state index contributed by atoms with van der Waals surface area (Å²) in [6.07, 6.45) is 0.854. The van der Waals surface area contributed by atoms with Crippen molar-refractivity contribution in [1.29, 1.82) is 0 Å². The Balaban J connectivity index is 1.22. The van der Waals surface area contributed by atoms with Gasteiger partial charge in [-0.15, -0.1) is 0 Å². The fraction of sp³-hybridized carbons (Fsp3) is 0.474. The van der Waals surface area contributed by atoms with Crippen molar-refractivity contribution >= 4 is 22.8 Å². The van der Waals surface area contributed by atoms with Gasteiger partial charge in [0.25, 0.3) is 0 Å². The van der Waals surface area contributed by atoms with Crippen LogP contribution in [-0.4, -0.2) is 50.2 Å². The Bertz CT molecular complexity index is 1080. The summed E-state index contributed by atoms with van der Waals surface area (Å²) < 4.78 is 45.4. The maximum atomic E-state index is 12.5. The molecule has 30 heavy (non-hydrogen) atoms. The molecule has 5 rings (SSSR count). The highest BCUT2D eigenvalue weighted by Gasteiger charge is 2.35. The molecule has 0 radical (unpaired) electrons. The summed E-state index contributed by atoms with van der Waals surface area (Å²) in [7, 11) is 2.03. The zero-order valence-electron chi connectivity index (χ0n) is 16.4. The van der Waals surface area contributed by atoms with Crippen molar-refractivity contribution in [2.45, 2.75) is 44.1 Å². The van der Waals surface area contributed by atoms with Crippen LogP contribution in [-0.2, 0) is 6.18 Å². The van der Waals surface area contributed by atoms with Crippen molar-refractivity contribution in [3.8, 4) is 5.75 Å². The van der Waals surface area contributed by atoms with E-state index in [1.54, 1.807) is 0 Å². The Morgan fingerprint density at radius 3 is 2.60 bits per heavy atom. The summed E-state index contributed by atoms with van der Waals surface area (Å²) in [4.78, 5) is 18.1. The van der Waals surface area contributed by atoms with E-state index >= 15 is 0 Å². The minimum absolute atomic E-state index is 0.116. The van der Waals surface area contributed by atoms with Crippen molar-refractivity contribution in [2.75, 3.05) is 23.8 Å². The average Bonchev–Trinajstić information content (AvgIpc) is 3.09. The number of hydrogen-bond donors (Lipinski definition) is 1. The van der Waals surface area contributed by atoms with Crippen LogP contribution in [0.3, 0.4) is 0 Å². The van der Waals surface area contributed by atoms with E-state index in [0.717, 1.165) is 35.8 Å². The second kappa shape index (κ2) is 6.71. The predicted molar refractivity (Wildman–Crippen MR) is 104 cm³/mol. The number of ether oxygens (including phenoxy) is 1. The molecule has 158 valence electrons. The molecule has 1 aliphatic heterocycles. The zero-order valence-corrected chi connectivity index (χ0v) is 16.4. The van der Waals surface area contributed by atoms with E-state index in [1.807, 2.05) is 19.3 Å². The molecule has 0 saturated heterocycles. The Labute approximate surface area is 170 Å². The molecule has 0 unspecified atom stereocenters. The minimum Gasteiger partial charge on any atom is -0.487 e. The van der Waals surface area contributed by atoms with Gasteiger partial charge < -0.3 is 19.5 Å². The van der Waals surface area contributed by atoms with E-state index < -0.39 is 12.0 Å². The molecule has 1 atom stereocenters. The molecule has 1 saturated carbocycles. The maximum Gasteiger partial charge on any atom is 0.451 e. The summed E-state index contributed by atoms with van der Waals surface area (Å²) in [5.74, 6) is 0.524. The molecule has 1 aliphatic carbocycles. The number of aromatic nitrogens is 5. The van der Waals surface area contributed by atoms with Crippen LogP contribution >= 0.6 is 0 Å². The van der Waals surface area contributed by atoms with Gasteiger partial charge in [0.15, 0.2) is 11.6 Å². The molecule has 0 spiro atoms. The monoisotopic (exact) mass is 419 g/mol. The first kappa shape index (κ1) is 18.9. The molecule has 8 nitrogen and oxygen atoms in total. The third-order valence-corrected chi connectivity index (χ3v) is 5.53. The van der Waals surface area contributed by atoms with Gasteiger partial charge in [-0.3, -0.25) is 0 Å². The van der Waals surface area contributed by atoms with Crippen molar-refractivity contribution in [2.24, 2.45) is 0 Å². The van der Waals surface area contributed by atoms with Crippen LogP contribution in [0.15, 0.2) is 24.7 Å². The lowest BCUT2D eigenvalue weighted by Gasteiger charge is -2.36. The van der Waals surface area contributed by atoms with Crippen LogP contribution in [0.25, 0.3) is 11.0 Å². The smallest absolute Gasteiger partial charge is 0.451 e. The number of rotatable bonds is 4. The second-order valence-corrected chi connectivity index (χ2v) is 7.85. The highest BCUT2D eigenvalue weighted by atomic mass is 19.4. The summed E-state index contributed by atoms with van der Waals surface area (Å²) in [5, 5.41) is 3.34. The standard InChI is InChI=1S/C19H20F3N7O/c1-10-9-28(2)16-15-14(3-4-29(10)15)26-18(27-16)25-11-5-12(6-11)30-13-7-23-17(24-8-13)19(20,21)22/h3-4,7-8,10-12H,5-6,9H2,1-2H3,(H,25,26,27)/t10-,11?,12?/m1/s1. The van der Waals surface area contributed by atoms with Gasteiger partial charge in [-0.05, 0) is 13.0 Å². The Hall–Kier alpha value is -3.11. The van der Waals surface area contributed by atoms with Crippen LogP contribution in [0.5, 0.6) is 5.75 Å². The van der Waals surface area contributed by atoms with E-state index in [-0.39, 0.29) is 17.9 Å². The molecule has 2 aliphatic rings.